The van der Waals surface area contributed by atoms with Crippen molar-refractivity contribution in [2.45, 2.75) is 7.59 Å². The van der Waals surface area contributed by atoms with Crippen LogP contribution in [0.2, 0.25) is 0 Å². The Morgan fingerprint density at radius 3 is 0.700 bits per heavy atom. The molecule has 0 nitrogen and oxygen atoms in total. The van der Waals surface area contributed by atoms with E-state index in [-0.39, 0.29) is 0 Å². The summed E-state index contributed by atoms with van der Waals surface area (Å²) in [6.45, 7) is 6.00. The van der Waals surface area contributed by atoms with Crippen LogP contribution in [0.3, 0.4) is 0 Å². The lowest BCUT2D eigenvalue weighted by Crippen LogP contribution is -2.23. The Kier molecular flexibility index (Phi) is 7.27. The first-order chi connectivity index (χ1) is 4.25. The van der Waals surface area contributed by atoms with Crippen molar-refractivity contribution in [3.05, 3.63) is 13.2 Å². The molecule has 0 amide bonds. The third-order valence-electron chi connectivity index (χ3n) is 0.321. The highest BCUT2D eigenvalue weighted by Crippen LogP contribution is 2.48. The fraction of sp³-hybridized carbons (Fsp3) is 0.500. The van der Waals surface area contributed by atoms with E-state index < -0.39 is 7.59 Å². The van der Waals surface area contributed by atoms with Gasteiger partial charge in [-0.05, 0) is 0 Å². The summed E-state index contributed by atoms with van der Waals surface area (Å²) >= 11 is 30.9. The van der Waals surface area contributed by atoms with E-state index in [0.717, 1.165) is 0 Å². The van der Waals surface area contributed by atoms with Crippen molar-refractivity contribution in [1.82, 2.24) is 0 Å². The molecule has 0 atom stereocenters. The molecule has 6 heteroatoms. The van der Waals surface area contributed by atoms with Crippen molar-refractivity contribution in [2.24, 2.45) is 0 Å². The maximum Gasteiger partial charge on any atom is 0.236 e. The normalized spacial score (nSPS) is 11.8. The molecule has 0 N–H and O–H groups in total. The molecule has 0 radical (unpaired) electrons. The Hall–Kier alpha value is 1.48. The number of alkyl halides is 6. The lowest BCUT2D eigenvalue weighted by atomic mass is 10.9. The van der Waals surface area contributed by atoms with Gasteiger partial charge in [0.15, 0.2) is 0 Å². The molecule has 0 bridgehead atoms. The maximum absolute atomic E-state index is 5.14. The molecule has 0 aromatic heterocycles. The second-order valence-corrected chi connectivity index (χ2v) is 5.56. The zero-order valence-electron chi connectivity index (χ0n) is 4.68. The predicted octanol–water partition coefficient (Wildman–Crippen LogP) is 4.53. The second-order valence-electron chi connectivity index (χ2n) is 0.996. The smallest absolute Gasteiger partial charge is 0.106 e. The van der Waals surface area contributed by atoms with Gasteiger partial charge in [-0.25, -0.2) is 0 Å². The standard InChI is InChI=1S/C2Cl6.C2H4/c3-1(4,5)2(6,7)8;1-2/h;1-2H2. The summed E-state index contributed by atoms with van der Waals surface area (Å²) in [6.07, 6.45) is 0. The Morgan fingerprint density at radius 1 is 0.600 bits per heavy atom. The second kappa shape index (κ2) is 5.18. The summed E-state index contributed by atoms with van der Waals surface area (Å²) in [5, 5.41) is 0. The summed E-state index contributed by atoms with van der Waals surface area (Å²) in [6, 6.07) is 0. The van der Waals surface area contributed by atoms with Crippen LogP contribution in [0.25, 0.3) is 0 Å². The van der Waals surface area contributed by atoms with Gasteiger partial charge >= 0.3 is 0 Å². The maximum atomic E-state index is 5.14. The predicted molar refractivity (Wildman–Crippen MR) is 51.8 cm³/mol. The van der Waals surface area contributed by atoms with Crippen molar-refractivity contribution in [2.75, 3.05) is 0 Å². The third kappa shape index (κ3) is 6.21. The van der Waals surface area contributed by atoms with Crippen molar-refractivity contribution < 1.29 is 0 Å². The lowest BCUT2D eigenvalue weighted by Gasteiger charge is -2.19. The quantitative estimate of drug-likeness (QED) is 0.445. The molecule has 0 aromatic rings. The van der Waals surface area contributed by atoms with Crippen molar-refractivity contribution in [1.29, 1.82) is 0 Å². The van der Waals surface area contributed by atoms with E-state index in [1.165, 1.54) is 0 Å². The summed E-state index contributed by atoms with van der Waals surface area (Å²) in [4.78, 5) is 0. The molecular formula is C4H4Cl6. The molecule has 0 spiro atoms. The van der Waals surface area contributed by atoms with E-state index in [0.29, 0.717) is 0 Å². The molecule has 0 aliphatic rings. The van der Waals surface area contributed by atoms with Crippen LogP contribution in [-0.2, 0) is 0 Å². The zero-order valence-corrected chi connectivity index (χ0v) is 9.22. The number of halogens is 6. The fourth-order valence-electron chi connectivity index (χ4n) is 0. The summed E-state index contributed by atoms with van der Waals surface area (Å²) < 4.78 is -3.70. The Labute approximate surface area is 90.0 Å². The number of rotatable bonds is 0. The number of hydrogen-bond acceptors (Lipinski definition) is 0. The van der Waals surface area contributed by atoms with Crippen molar-refractivity contribution in [3.63, 3.8) is 0 Å². The van der Waals surface area contributed by atoms with Crippen LogP contribution in [0.5, 0.6) is 0 Å². The van der Waals surface area contributed by atoms with Gasteiger partial charge in [-0.3, -0.25) is 0 Å². The van der Waals surface area contributed by atoms with Gasteiger partial charge in [0.2, 0.25) is 7.59 Å². The molecule has 0 aliphatic carbocycles. The van der Waals surface area contributed by atoms with Gasteiger partial charge in [-0.1, -0.05) is 69.6 Å². The molecule has 0 unspecified atom stereocenters. The molecule has 0 saturated carbocycles. The molecule has 62 valence electrons. The zero-order chi connectivity index (χ0) is 9.00. The highest BCUT2D eigenvalue weighted by atomic mass is 35.6. The Morgan fingerprint density at radius 2 is 0.700 bits per heavy atom. The van der Waals surface area contributed by atoms with Gasteiger partial charge in [0.25, 0.3) is 0 Å². The Balaban J connectivity index is 0. The van der Waals surface area contributed by atoms with E-state index in [2.05, 4.69) is 13.2 Å². The molecule has 0 aromatic carbocycles. The third-order valence-corrected chi connectivity index (χ3v) is 2.89. The minimum Gasteiger partial charge on any atom is -0.106 e. The van der Waals surface area contributed by atoms with Crippen LogP contribution in [0.4, 0.5) is 0 Å². The summed E-state index contributed by atoms with van der Waals surface area (Å²) in [7, 11) is 0. The van der Waals surface area contributed by atoms with Crippen LogP contribution < -0.4 is 0 Å². The largest absolute Gasteiger partial charge is 0.236 e. The van der Waals surface area contributed by atoms with Crippen LogP contribution in [-0.4, -0.2) is 7.59 Å². The minimum absolute atomic E-state index is 1.85. The van der Waals surface area contributed by atoms with E-state index in [1.807, 2.05) is 0 Å². The van der Waals surface area contributed by atoms with Crippen LogP contribution in [0, 0.1) is 0 Å². The van der Waals surface area contributed by atoms with Gasteiger partial charge in [0.1, 0.15) is 0 Å². The van der Waals surface area contributed by atoms with Crippen LogP contribution in [0.15, 0.2) is 13.2 Å². The van der Waals surface area contributed by atoms with Gasteiger partial charge in [-0.2, -0.15) is 0 Å². The first-order valence-corrected chi connectivity index (χ1v) is 4.15. The molecule has 0 aliphatic heterocycles. The monoisotopic (exact) mass is 262 g/mol. The average Bonchev–Trinajstić information content (AvgIpc) is 1.66. The fourth-order valence-corrected chi connectivity index (χ4v) is 0. The van der Waals surface area contributed by atoms with Gasteiger partial charge in [-0.15, -0.1) is 13.2 Å². The lowest BCUT2D eigenvalue weighted by molar-refractivity contribution is 1.10. The van der Waals surface area contributed by atoms with E-state index in [4.69, 9.17) is 69.6 Å². The van der Waals surface area contributed by atoms with Crippen LogP contribution in [0.1, 0.15) is 0 Å². The van der Waals surface area contributed by atoms with Crippen molar-refractivity contribution in [3.8, 4) is 0 Å². The molecule has 0 fully saturated rings. The van der Waals surface area contributed by atoms with E-state index in [9.17, 15) is 0 Å². The molecular weight excluding hydrogens is 261 g/mol. The van der Waals surface area contributed by atoms with Crippen molar-refractivity contribution >= 4 is 69.6 Å². The van der Waals surface area contributed by atoms with Crippen LogP contribution >= 0.6 is 69.6 Å². The Bertz CT molecular complexity index is 74.9. The average molecular weight is 265 g/mol. The topological polar surface area (TPSA) is 0 Å². The summed E-state index contributed by atoms with van der Waals surface area (Å²) in [5.41, 5.74) is 0. The first kappa shape index (κ1) is 14.0. The molecule has 0 saturated heterocycles. The first-order valence-electron chi connectivity index (χ1n) is 1.88. The van der Waals surface area contributed by atoms with Gasteiger partial charge in [0.05, 0.1) is 0 Å². The molecule has 10 heavy (non-hydrogen) atoms. The van der Waals surface area contributed by atoms with Gasteiger partial charge in [0, 0.05) is 0 Å². The summed E-state index contributed by atoms with van der Waals surface area (Å²) in [5.74, 6) is 0. The number of hydrogen-bond donors (Lipinski definition) is 0. The molecule has 0 heterocycles. The highest BCUT2D eigenvalue weighted by Gasteiger charge is 2.43. The minimum atomic E-state index is -1.85. The molecule has 0 rings (SSSR count). The van der Waals surface area contributed by atoms with E-state index >= 15 is 0 Å². The highest BCUT2D eigenvalue weighted by molar-refractivity contribution is 6.83. The SMILES string of the molecule is C=C.ClC(Cl)(Cl)C(Cl)(Cl)Cl. The van der Waals surface area contributed by atoms with E-state index in [1.54, 1.807) is 0 Å². The van der Waals surface area contributed by atoms with Gasteiger partial charge < -0.3 is 0 Å².